The summed E-state index contributed by atoms with van der Waals surface area (Å²) in [5.74, 6) is 1.33. The number of hydrogen-bond donors (Lipinski definition) is 3. The maximum atomic E-state index is 9.22. The van der Waals surface area contributed by atoms with E-state index >= 15 is 0 Å². The van der Waals surface area contributed by atoms with Crippen LogP contribution in [0.3, 0.4) is 0 Å². The number of hydrogen-bond acceptors (Lipinski definition) is 3. The molecule has 1 aromatic rings. The molecule has 2 rings (SSSR count). The number of aliphatic imine (C=N–C) groups is 1. The zero-order chi connectivity index (χ0) is 18.6. The number of benzene rings is 1. The van der Waals surface area contributed by atoms with Gasteiger partial charge in [0.05, 0.1) is 6.54 Å². The maximum absolute atomic E-state index is 9.22. The van der Waals surface area contributed by atoms with Gasteiger partial charge in [0.1, 0.15) is 0 Å². The van der Waals surface area contributed by atoms with Crippen LogP contribution in [0.4, 0.5) is 5.69 Å². The number of guanidine groups is 1. The number of nitrogens with zero attached hydrogens (tertiary/aromatic N) is 2. The summed E-state index contributed by atoms with van der Waals surface area (Å²) in [6.45, 7) is 8.83. The van der Waals surface area contributed by atoms with Crippen LogP contribution in [0.2, 0.25) is 0 Å². The van der Waals surface area contributed by atoms with Crippen molar-refractivity contribution in [3.05, 3.63) is 42.0 Å². The predicted molar refractivity (Wildman–Crippen MR) is 126 cm³/mol. The van der Waals surface area contributed by atoms with Gasteiger partial charge in [-0.15, -0.1) is 24.0 Å². The van der Waals surface area contributed by atoms with Gasteiger partial charge in [0.2, 0.25) is 0 Å². The van der Waals surface area contributed by atoms with Crippen molar-refractivity contribution in [2.45, 2.75) is 39.7 Å². The molecule has 152 valence electrons. The van der Waals surface area contributed by atoms with Gasteiger partial charge in [-0.2, -0.15) is 0 Å². The van der Waals surface area contributed by atoms with Gasteiger partial charge in [0.25, 0.3) is 0 Å². The fourth-order valence-corrected chi connectivity index (χ4v) is 3.23. The van der Waals surface area contributed by atoms with Crippen LogP contribution in [-0.2, 0) is 6.54 Å². The monoisotopic (exact) mass is 486 g/mol. The second kappa shape index (κ2) is 13.8. The van der Waals surface area contributed by atoms with Gasteiger partial charge in [-0.1, -0.05) is 37.6 Å². The molecule has 0 fully saturated rings. The highest BCUT2D eigenvalue weighted by molar-refractivity contribution is 14.0. The lowest BCUT2D eigenvalue weighted by Gasteiger charge is -2.19. The normalized spacial score (nSPS) is 14.8. The molecule has 27 heavy (non-hydrogen) atoms. The second-order valence-electron chi connectivity index (χ2n) is 6.79. The lowest BCUT2D eigenvalue weighted by molar-refractivity contribution is 0.251. The summed E-state index contributed by atoms with van der Waals surface area (Å²) in [4.78, 5) is 7.09. The first-order valence-electron chi connectivity index (χ1n) is 9.88. The minimum absolute atomic E-state index is 0. The van der Waals surface area contributed by atoms with E-state index in [2.05, 4.69) is 65.8 Å². The Hall–Kier alpha value is -1.28. The Labute approximate surface area is 181 Å². The molecule has 1 heterocycles. The van der Waals surface area contributed by atoms with Crippen LogP contribution in [0, 0.1) is 5.92 Å². The summed E-state index contributed by atoms with van der Waals surface area (Å²) in [6, 6.07) is 8.63. The summed E-state index contributed by atoms with van der Waals surface area (Å²) < 4.78 is 0. The highest BCUT2D eigenvalue weighted by Crippen LogP contribution is 2.19. The van der Waals surface area contributed by atoms with Crippen LogP contribution in [0.15, 0.2) is 41.4 Å². The van der Waals surface area contributed by atoms with Crippen LogP contribution >= 0.6 is 24.0 Å². The van der Waals surface area contributed by atoms with E-state index in [4.69, 9.17) is 4.99 Å². The number of halogens is 1. The van der Waals surface area contributed by atoms with Crippen molar-refractivity contribution in [2.24, 2.45) is 10.9 Å². The molecule has 0 saturated heterocycles. The zero-order valence-corrected chi connectivity index (χ0v) is 19.0. The van der Waals surface area contributed by atoms with E-state index in [1.807, 2.05) is 0 Å². The van der Waals surface area contributed by atoms with E-state index in [1.54, 1.807) is 0 Å². The van der Waals surface area contributed by atoms with Crippen molar-refractivity contribution in [1.82, 2.24) is 10.6 Å². The number of aliphatic hydroxyl groups excluding tert-OH is 1. The summed E-state index contributed by atoms with van der Waals surface area (Å²) in [5.41, 5.74) is 2.47. The van der Waals surface area contributed by atoms with Crippen LogP contribution in [0.5, 0.6) is 0 Å². The van der Waals surface area contributed by atoms with Crippen molar-refractivity contribution in [1.29, 1.82) is 0 Å². The molecule has 0 aliphatic carbocycles. The lowest BCUT2D eigenvalue weighted by atomic mass is 10.0. The lowest BCUT2D eigenvalue weighted by Crippen LogP contribution is -2.40. The highest BCUT2D eigenvalue weighted by atomic mass is 127. The summed E-state index contributed by atoms with van der Waals surface area (Å²) in [6.07, 6.45) is 7.51. The zero-order valence-electron chi connectivity index (χ0n) is 16.7. The number of anilines is 1. The molecule has 1 unspecified atom stereocenters. The minimum Gasteiger partial charge on any atom is -0.396 e. The third-order valence-corrected chi connectivity index (χ3v) is 4.65. The Morgan fingerprint density at radius 1 is 1.19 bits per heavy atom. The van der Waals surface area contributed by atoms with Crippen LogP contribution in [0.25, 0.3) is 0 Å². The molecule has 1 atom stereocenters. The number of nitrogens with one attached hydrogen (secondary N) is 2. The van der Waals surface area contributed by atoms with Gasteiger partial charge in [0.15, 0.2) is 5.96 Å². The second-order valence-corrected chi connectivity index (χ2v) is 6.79. The molecular formula is C21H35IN4O. The Bertz CT molecular complexity index is 577. The molecule has 5 nitrogen and oxygen atoms in total. The smallest absolute Gasteiger partial charge is 0.191 e. The van der Waals surface area contributed by atoms with Crippen LogP contribution in [0.1, 0.15) is 38.7 Å². The number of aliphatic hydroxyl groups is 1. The Morgan fingerprint density at radius 2 is 1.96 bits per heavy atom. The van der Waals surface area contributed by atoms with E-state index in [-0.39, 0.29) is 30.6 Å². The van der Waals surface area contributed by atoms with Crippen molar-refractivity contribution >= 4 is 35.6 Å². The molecule has 0 radical (unpaired) electrons. The Morgan fingerprint density at radius 3 is 2.63 bits per heavy atom. The highest BCUT2D eigenvalue weighted by Gasteiger charge is 2.09. The molecule has 3 N–H and O–H groups in total. The summed E-state index contributed by atoms with van der Waals surface area (Å²) in [7, 11) is 0. The standard InChI is InChI=1S/C21H34N4O.HI/c1-3-8-18(11-14-26)16-23-21(22-4-2)24-17-19-9-7-10-20(15-19)25-12-5-6-13-25;/h5-7,9-10,15,18,26H,3-4,8,11-14,16-17H2,1-2H3,(H2,22,23,24);1H. The van der Waals surface area contributed by atoms with Gasteiger partial charge in [-0.25, -0.2) is 4.99 Å². The van der Waals surface area contributed by atoms with E-state index in [9.17, 15) is 5.11 Å². The molecule has 0 bridgehead atoms. The van der Waals surface area contributed by atoms with Gasteiger partial charge < -0.3 is 20.6 Å². The quantitative estimate of drug-likeness (QED) is 0.205. The largest absolute Gasteiger partial charge is 0.396 e. The van der Waals surface area contributed by atoms with E-state index in [0.717, 1.165) is 51.4 Å². The van der Waals surface area contributed by atoms with Crippen LogP contribution < -0.4 is 15.5 Å². The van der Waals surface area contributed by atoms with E-state index in [1.165, 1.54) is 11.3 Å². The van der Waals surface area contributed by atoms with Gasteiger partial charge in [-0.3, -0.25) is 0 Å². The SMILES string of the molecule is CCCC(CCO)CNC(=NCc1cccc(N2CC=CC2)c1)NCC.I. The van der Waals surface area contributed by atoms with Crippen molar-refractivity contribution in [2.75, 3.05) is 37.7 Å². The summed E-state index contributed by atoms with van der Waals surface area (Å²) >= 11 is 0. The predicted octanol–water partition coefficient (Wildman–Crippen LogP) is 3.53. The van der Waals surface area contributed by atoms with Gasteiger partial charge in [0, 0.05) is 38.5 Å². The Kier molecular flexibility index (Phi) is 12.2. The van der Waals surface area contributed by atoms with Gasteiger partial charge >= 0.3 is 0 Å². The molecule has 1 aliphatic rings. The first-order valence-corrected chi connectivity index (χ1v) is 9.88. The third kappa shape index (κ3) is 8.51. The van der Waals surface area contributed by atoms with Crippen molar-refractivity contribution in [3.8, 4) is 0 Å². The van der Waals surface area contributed by atoms with Gasteiger partial charge in [-0.05, 0) is 43.4 Å². The molecule has 0 spiro atoms. The fourth-order valence-electron chi connectivity index (χ4n) is 3.23. The average Bonchev–Trinajstić information content (AvgIpc) is 3.19. The minimum atomic E-state index is 0. The molecule has 0 aromatic heterocycles. The molecule has 1 aliphatic heterocycles. The van der Waals surface area contributed by atoms with E-state index < -0.39 is 0 Å². The first-order chi connectivity index (χ1) is 12.8. The topological polar surface area (TPSA) is 59.9 Å². The molecule has 6 heteroatoms. The fraction of sp³-hybridized carbons (Fsp3) is 0.571. The summed E-state index contributed by atoms with van der Waals surface area (Å²) in [5, 5.41) is 16.0. The first kappa shape index (κ1) is 23.8. The van der Waals surface area contributed by atoms with Crippen LogP contribution in [-0.4, -0.2) is 43.9 Å². The maximum Gasteiger partial charge on any atom is 0.191 e. The number of rotatable bonds is 10. The molecule has 0 saturated carbocycles. The third-order valence-electron chi connectivity index (χ3n) is 4.65. The van der Waals surface area contributed by atoms with Crippen molar-refractivity contribution in [3.63, 3.8) is 0 Å². The average molecular weight is 486 g/mol. The Balaban J connectivity index is 0.00000364. The van der Waals surface area contributed by atoms with E-state index in [0.29, 0.717) is 12.5 Å². The molecule has 1 aromatic carbocycles. The van der Waals surface area contributed by atoms with Crippen molar-refractivity contribution < 1.29 is 5.11 Å². The molecular weight excluding hydrogens is 451 g/mol. The molecule has 0 amide bonds.